The summed E-state index contributed by atoms with van der Waals surface area (Å²) >= 11 is 0. The van der Waals surface area contributed by atoms with Gasteiger partial charge in [-0.15, -0.1) is 0 Å². The number of nitriles is 1. The first-order valence-corrected chi connectivity index (χ1v) is 9.69. The van der Waals surface area contributed by atoms with E-state index >= 15 is 0 Å². The minimum Gasteiger partial charge on any atom is -0.365 e. The third-order valence-electron chi connectivity index (χ3n) is 5.85. The molecule has 2 amide bonds. The van der Waals surface area contributed by atoms with E-state index in [1.54, 1.807) is 0 Å². The quantitative estimate of drug-likeness (QED) is 0.625. The number of hydrogen-bond donors (Lipinski definition) is 2. The first-order chi connectivity index (χ1) is 14.8. The zero-order chi connectivity index (χ0) is 23.9. The fraction of sp³-hybridized carbons (Fsp3) is 0.667. The summed E-state index contributed by atoms with van der Waals surface area (Å²) in [6.07, 6.45) is -8.05. The Balaban J connectivity index is 1.80. The van der Waals surface area contributed by atoms with Gasteiger partial charge in [-0.1, -0.05) is 0 Å². The van der Waals surface area contributed by atoms with Crippen molar-refractivity contribution < 1.29 is 35.9 Å². The van der Waals surface area contributed by atoms with E-state index in [1.165, 1.54) is 15.8 Å². The number of primary amides is 1. The highest BCUT2D eigenvalue weighted by molar-refractivity contribution is 6.02. The molecule has 2 aliphatic rings. The van der Waals surface area contributed by atoms with Gasteiger partial charge in [-0.05, 0) is 19.3 Å². The van der Waals surface area contributed by atoms with Crippen LogP contribution in [0.5, 0.6) is 0 Å². The lowest BCUT2D eigenvalue weighted by Crippen LogP contribution is -2.48. The predicted molar refractivity (Wildman–Crippen MR) is 97.0 cm³/mol. The van der Waals surface area contributed by atoms with Crippen LogP contribution in [-0.2, 0) is 10.3 Å². The summed E-state index contributed by atoms with van der Waals surface area (Å²) in [4.78, 5) is 25.2. The molecule has 1 saturated heterocycles. The van der Waals surface area contributed by atoms with Crippen LogP contribution in [0.1, 0.15) is 36.0 Å². The van der Waals surface area contributed by atoms with E-state index in [0.29, 0.717) is 0 Å². The second-order valence-corrected chi connectivity index (χ2v) is 8.13. The zero-order valence-corrected chi connectivity index (χ0v) is 16.6. The van der Waals surface area contributed by atoms with Gasteiger partial charge >= 0.3 is 12.4 Å². The maximum absolute atomic E-state index is 12.7. The number of alkyl halides is 6. The number of anilines is 1. The van der Waals surface area contributed by atoms with E-state index in [0.717, 1.165) is 0 Å². The summed E-state index contributed by atoms with van der Waals surface area (Å²) < 4.78 is 77.4. The predicted octanol–water partition coefficient (Wildman–Crippen LogP) is 2.39. The Morgan fingerprint density at radius 2 is 1.88 bits per heavy atom. The Bertz CT molecular complexity index is 926. The Hall–Kier alpha value is -2.82. The number of nitrogens with zero attached hydrogens (tertiary/aromatic N) is 4. The van der Waals surface area contributed by atoms with Gasteiger partial charge in [0.05, 0.1) is 36.4 Å². The molecule has 2 fully saturated rings. The monoisotopic (exact) mass is 466 g/mol. The number of nitrogens with two attached hydrogens (primary N) is 1. The number of halogens is 6. The molecule has 2 atom stereocenters. The molecule has 0 aromatic carbocycles. The van der Waals surface area contributed by atoms with E-state index < -0.39 is 48.1 Å². The topological polar surface area (TPSA) is 117 Å². The molecule has 3 rings (SSSR count). The highest BCUT2D eigenvalue weighted by Crippen LogP contribution is 2.50. The van der Waals surface area contributed by atoms with Gasteiger partial charge < -0.3 is 11.1 Å². The molecule has 0 unspecified atom stereocenters. The summed E-state index contributed by atoms with van der Waals surface area (Å²) in [5.74, 6) is -5.39. The number of carbonyl (C=O) groups excluding carboxylic acids is 2. The number of rotatable bonds is 6. The molecule has 1 aliphatic carbocycles. The molecule has 14 heteroatoms. The van der Waals surface area contributed by atoms with Crippen LogP contribution in [0, 0.1) is 23.2 Å². The summed E-state index contributed by atoms with van der Waals surface area (Å²) in [6.45, 7) is -1.10. The summed E-state index contributed by atoms with van der Waals surface area (Å²) in [6, 6.07) is 1.96. The SMILES string of the molecule is N#CCC1(n2cc(C(N)=O)c(NC(=O)[C@H]3C[C@@H]3C(F)(F)F)n2)CCN(CC(F)(F)F)CC1. The smallest absolute Gasteiger partial charge is 0.365 e. The van der Waals surface area contributed by atoms with Gasteiger partial charge in [0.2, 0.25) is 5.91 Å². The van der Waals surface area contributed by atoms with Gasteiger partial charge in [-0.25, -0.2) is 0 Å². The Labute approximate surface area is 178 Å². The van der Waals surface area contributed by atoms with Crippen LogP contribution in [-0.4, -0.2) is 58.5 Å². The molecule has 0 radical (unpaired) electrons. The number of nitrogens with one attached hydrogen (secondary N) is 1. The van der Waals surface area contributed by atoms with Crippen molar-refractivity contribution in [2.24, 2.45) is 17.6 Å². The van der Waals surface area contributed by atoms with Crippen molar-refractivity contribution in [3.05, 3.63) is 11.8 Å². The summed E-state index contributed by atoms with van der Waals surface area (Å²) in [5, 5.41) is 15.6. The lowest BCUT2D eigenvalue weighted by Gasteiger charge is -2.40. The second-order valence-electron chi connectivity index (χ2n) is 8.13. The molecule has 1 saturated carbocycles. The molecule has 3 N–H and O–H groups in total. The van der Waals surface area contributed by atoms with Crippen molar-refractivity contribution in [1.82, 2.24) is 14.7 Å². The molecular weight excluding hydrogens is 446 g/mol. The van der Waals surface area contributed by atoms with Crippen molar-refractivity contribution in [3.8, 4) is 6.07 Å². The maximum atomic E-state index is 12.7. The number of piperidine rings is 1. The van der Waals surface area contributed by atoms with Gasteiger partial charge in [-0.3, -0.25) is 19.2 Å². The Morgan fingerprint density at radius 3 is 2.34 bits per heavy atom. The van der Waals surface area contributed by atoms with Gasteiger partial charge in [0.15, 0.2) is 5.82 Å². The largest absolute Gasteiger partial charge is 0.401 e. The molecule has 32 heavy (non-hydrogen) atoms. The van der Waals surface area contributed by atoms with Crippen LogP contribution in [0.2, 0.25) is 0 Å². The van der Waals surface area contributed by atoms with Crippen molar-refractivity contribution in [2.75, 3.05) is 25.0 Å². The zero-order valence-electron chi connectivity index (χ0n) is 16.6. The average Bonchev–Trinajstić information content (AvgIpc) is 3.37. The van der Waals surface area contributed by atoms with Crippen LogP contribution >= 0.6 is 0 Å². The van der Waals surface area contributed by atoms with Crippen molar-refractivity contribution in [3.63, 3.8) is 0 Å². The van der Waals surface area contributed by atoms with Gasteiger partial charge in [-0.2, -0.15) is 36.7 Å². The number of hydrogen-bond acceptors (Lipinski definition) is 5. The number of amides is 2. The number of aromatic nitrogens is 2. The van der Waals surface area contributed by atoms with Crippen LogP contribution in [0.25, 0.3) is 0 Å². The maximum Gasteiger partial charge on any atom is 0.401 e. The van der Waals surface area contributed by atoms with E-state index in [-0.39, 0.29) is 50.2 Å². The standard InChI is InChI=1S/C18H20F6N6O2/c19-17(20,21)9-29-5-2-16(1-4-25,3-6-29)30-8-11(13(26)31)14(28-30)27-15(32)10-7-12(10)18(22,23)24/h8,10,12H,1-3,5-7,9H2,(H2,26,31)(H,27,28,32)/t10-,12-/m0/s1. The van der Waals surface area contributed by atoms with Gasteiger partial charge in [0.1, 0.15) is 5.56 Å². The number of likely N-dealkylation sites (tertiary alicyclic amines) is 1. The lowest BCUT2D eigenvalue weighted by molar-refractivity contribution is -0.153. The van der Waals surface area contributed by atoms with E-state index in [9.17, 15) is 41.2 Å². The molecule has 0 bridgehead atoms. The minimum absolute atomic E-state index is 0.00395. The van der Waals surface area contributed by atoms with Crippen LogP contribution in [0.15, 0.2) is 6.20 Å². The van der Waals surface area contributed by atoms with Crippen molar-refractivity contribution in [2.45, 2.75) is 43.6 Å². The van der Waals surface area contributed by atoms with E-state index in [2.05, 4.69) is 10.4 Å². The summed E-state index contributed by atoms with van der Waals surface area (Å²) in [5.41, 5.74) is 3.98. The highest BCUT2D eigenvalue weighted by atomic mass is 19.4. The average molecular weight is 466 g/mol. The Kier molecular flexibility index (Phi) is 6.16. The Morgan fingerprint density at radius 1 is 1.25 bits per heavy atom. The van der Waals surface area contributed by atoms with E-state index in [4.69, 9.17) is 5.73 Å². The third kappa shape index (κ3) is 5.14. The molecule has 1 aliphatic heterocycles. The molecule has 0 spiro atoms. The lowest BCUT2D eigenvalue weighted by atomic mass is 9.85. The fourth-order valence-corrected chi connectivity index (χ4v) is 3.96. The molecule has 1 aromatic rings. The molecule has 2 heterocycles. The van der Waals surface area contributed by atoms with Crippen LogP contribution < -0.4 is 11.1 Å². The first-order valence-electron chi connectivity index (χ1n) is 9.69. The van der Waals surface area contributed by atoms with Crippen molar-refractivity contribution >= 4 is 17.6 Å². The summed E-state index contributed by atoms with van der Waals surface area (Å²) in [7, 11) is 0. The van der Waals surface area contributed by atoms with Gasteiger partial charge in [0.25, 0.3) is 5.91 Å². The minimum atomic E-state index is -4.52. The molecule has 8 nitrogen and oxygen atoms in total. The second kappa shape index (κ2) is 8.27. The van der Waals surface area contributed by atoms with Gasteiger partial charge in [0, 0.05) is 19.3 Å². The molecular formula is C18H20F6N6O2. The highest BCUT2D eigenvalue weighted by Gasteiger charge is 2.59. The van der Waals surface area contributed by atoms with Crippen LogP contribution in [0.4, 0.5) is 32.2 Å². The number of carbonyl (C=O) groups is 2. The fourth-order valence-electron chi connectivity index (χ4n) is 3.96. The third-order valence-corrected chi connectivity index (χ3v) is 5.85. The molecule has 1 aromatic heterocycles. The van der Waals surface area contributed by atoms with E-state index in [1.807, 2.05) is 6.07 Å². The van der Waals surface area contributed by atoms with Crippen LogP contribution in [0.3, 0.4) is 0 Å². The van der Waals surface area contributed by atoms with Crippen molar-refractivity contribution in [1.29, 1.82) is 5.26 Å². The first kappa shape index (κ1) is 23.8. The normalized spacial score (nSPS) is 23.4. The molecule has 176 valence electrons.